The zero-order chi connectivity index (χ0) is 23.9. The standard InChI is InChI=1S/C27H30N4O2S/c1-27(2,3)19-9-11-20(12-10-19)33-17-23-29-25-24(26(32)31(23)28)21-13-14-30(16-22(21)34-25)15-18-7-5-4-6-8-18/h4-12H,13-17,28H2,1-3H3. The second-order valence-electron chi connectivity index (χ2n) is 9.90. The van der Waals surface area contributed by atoms with Crippen molar-refractivity contribution in [2.45, 2.75) is 52.3 Å². The third-order valence-electron chi connectivity index (χ3n) is 6.40. The highest BCUT2D eigenvalue weighted by Gasteiger charge is 2.25. The molecule has 0 bridgehead atoms. The molecule has 5 rings (SSSR count). The molecule has 4 aromatic rings. The van der Waals surface area contributed by atoms with Crippen LogP contribution in [0.3, 0.4) is 0 Å². The second-order valence-corrected chi connectivity index (χ2v) is 11.0. The van der Waals surface area contributed by atoms with Gasteiger partial charge in [0.25, 0.3) is 5.56 Å². The lowest BCUT2D eigenvalue weighted by Gasteiger charge is -2.26. The van der Waals surface area contributed by atoms with Crippen molar-refractivity contribution in [3.8, 4) is 5.75 Å². The van der Waals surface area contributed by atoms with Gasteiger partial charge >= 0.3 is 0 Å². The van der Waals surface area contributed by atoms with Crippen molar-refractivity contribution in [1.29, 1.82) is 0 Å². The van der Waals surface area contributed by atoms with Crippen LogP contribution >= 0.6 is 11.3 Å². The summed E-state index contributed by atoms with van der Waals surface area (Å²) in [5, 5.41) is 0.667. The molecule has 7 heteroatoms. The number of nitrogens with zero attached hydrogens (tertiary/aromatic N) is 3. The Morgan fingerprint density at radius 3 is 2.53 bits per heavy atom. The predicted molar refractivity (Wildman–Crippen MR) is 138 cm³/mol. The van der Waals surface area contributed by atoms with E-state index in [9.17, 15) is 4.79 Å². The molecule has 34 heavy (non-hydrogen) atoms. The Hall–Kier alpha value is -3.16. The van der Waals surface area contributed by atoms with Crippen molar-refractivity contribution < 1.29 is 4.74 Å². The number of benzene rings is 2. The number of hydrogen-bond donors (Lipinski definition) is 1. The van der Waals surface area contributed by atoms with Gasteiger partial charge in [0, 0.05) is 24.5 Å². The number of nitrogens with two attached hydrogens (primary N) is 1. The number of fused-ring (bicyclic) bond motifs is 3. The van der Waals surface area contributed by atoms with E-state index in [4.69, 9.17) is 15.6 Å². The first-order chi connectivity index (χ1) is 16.3. The third kappa shape index (κ3) is 4.45. The summed E-state index contributed by atoms with van der Waals surface area (Å²) in [7, 11) is 0. The van der Waals surface area contributed by atoms with Crippen LogP contribution in [0.5, 0.6) is 5.75 Å². The molecule has 2 N–H and O–H groups in total. The summed E-state index contributed by atoms with van der Waals surface area (Å²) in [6.07, 6.45) is 0.828. The molecule has 176 valence electrons. The summed E-state index contributed by atoms with van der Waals surface area (Å²) < 4.78 is 7.07. The van der Waals surface area contributed by atoms with Gasteiger partial charge in [-0.15, -0.1) is 11.3 Å². The Morgan fingerprint density at radius 2 is 1.82 bits per heavy atom. The molecule has 0 aliphatic carbocycles. The molecule has 6 nitrogen and oxygen atoms in total. The molecule has 2 aromatic carbocycles. The summed E-state index contributed by atoms with van der Waals surface area (Å²) in [5.41, 5.74) is 3.52. The molecular weight excluding hydrogens is 444 g/mol. The maximum Gasteiger partial charge on any atom is 0.281 e. The van der Waals surface area contributed by atoms with Crippen LogP contribution in [-0.2, 0) is 31.5 Å². The number of nitrogen functional groups attached to an aromatic ring is 1. The van der Waals surface area contributed by atoms with Crippen LogP contribution in [-0.4, -0.2) is 21.1 Å². The average Bonchev–Trinajstić information content (AvgIpc) is 3.18. The topological polar surface area (TPSA) is 73.4 Å². The monoisotopic (exact) mass is 474 g/mol. The summed E-state index contributed by atoms with van der Waals surface area (Å²) in [6, 6.07) is 18.5. The van der Waals surface area contributed by atoms with Crippen molar-refractivity contribution in [2.24, 2.45) is 0 Å². The van der Waals surface area contributed by atoms with E-state index in [-0.39, 0.29) is 17.6 Å². The summed E-state index contributed by atoms with van der Waals surface area (Å²) in [5.74, 6) is 7.33. The van der Waals surface area contributed by atoms with Gasteiger partial charge in [-0.2, -0.15) is 0 Å². The van der Waals surface area contributed by atoms with E-state index in [0.717, 1.165) is 46.9 Å². The predicted octanol–water partition coefficient (Wildman–Crippen LogP) is 4.61. The highest BCUT2D eigenvalue weighted by atomic mass is 32.1. The number of rotatable bonds is 5. The van der Waals surface area contributed by atoms with Gasteiger partial charge in [-0.05, 0) is 40.7 Å². The van der Waals surface area contributed by atoms with Gasteiger partial charge < -0.3 is 10.6 Å². The molecule has 0 saturated heterocycles. The lowest BCUT2D eigenvalue weighted by Crippen LogP contribution is -2.33. The zero-order valence-corrected chi connectivity index (χ0v) is 20.7. The first-order valence-electron chi connectivity index (χ1n) is 11.6. The quantitative estimate of drug-likeness (QED) is 0.428. The van der Waals surface area contributed by atoms with Crippen molar-refractivity contribution in [3.63, 3.8) is 0 Å². The number of thiophene rings is 1. The van der Waals surface area contributed by atoms with E-state index in [1.807, 2.05) is 18.2 Å². The van der Waals surface area contributed by atoms with E-state index in [1.165, 1.54) is 16.0 Å². The molecule has 1 aliphatic rings. The number of ether oxygens (including phenoxy) is 1. The van der Waals surface area contributed by atoms with E-state index in [0.29, 0.717) is 11.2 Å². The van der Waals surface area contributed by atoms with Gasteiger partial charge in [-0.25, -0.2) is 9.66 Å². The second kappa shape index (κ2) is 8.89. The van der Waals surface area contributed by atoms with Gasteiger partial charge in [0.05, 0.1) is 5.39 Å². The SMILES string of the molecule is CC(C)(C)c1ccc(OCc2nc3sc4c(c3c(=O)n2N)CCN(Cc2ccccc2)C4)cc1. The zero-order valence-electron chi connectivity index (χ0n) is 19.9. The van der Waals surface area contributed by atoms with E-state index >= 15 is 0 Å². The van der Waals surface area contributed by atoms with Gasteiger partial charge in [-0.1, -0.05) is 63.2 Å². The first-order valence-corrected chi connectivity index (χ1v) is 12.4. The van der Waals surface area contributed by atoms with Gasteiger partial charge in [0.2, 0.25) is 0 Å². The molecule has 2 aromatic heterocycles. The third-order valence-corrected chi connectivity index (χ3v) is 7.51. The van der Waals surface area contributed by atoms with Crippen molar-refractivity contribution in [1.82, 2.24) is 14.6 Å². The molecule has 0 unspecified atom stereocenters. The molecule has 0 fully saturated rings. The molecule has 0 spiro atoms. The van der Waals surface area contributed by atoms with Gasteiger partial charge in [0.15, 0.2) is 5.82 Å². The number of aromatic nitrogens is 2. The van der Waals surface area contributed by atoms with E-state index < -0.39 is 0 Å². The van der Waals surface area contributed by atoms with Crippen molar-refractivity contribution >= 4 is 21.6 Å². The Balaban J connectivity index is 1.36. The van der Waals surface area contributed by atoms with Crippen LogP contribution in [0, 0.1) is 0 Å². The summed E-state index contributed by atoms with van der Waals surface area (Å²) >= 11 is 1.60. The molecule has 1 aliphatic heterocycles. The minimum Gasteiger partial charge on any atom is -0.486 e. The fourth-order valence-electron chi connectivity index (χ4n) is 4.43. The van der Waals surface area contributed by atoms with E-state index in [1.54, 1.807) is 11.3 Å². The average molecular weight is 475 g/mol. The largest absolute Gasteiger partial charge is 0.486 e. The fourth-order valence-corrected chi connectivity index (χ4v) is 5.70. The fraction of sp³-hybridized carbons (Fsp3) is 0.333. The maximum absolute atomic E-state index is 13.2. The Bertz CT molecular complexity index is 1370. The highest BCUT2D eigenvalue weighted by molar-refractivity contribution is 7.18. The van der Waals surface area contributed by atoms with Crippen LogP contribution in [0.15, 0.2) is 59.4 Å². The summed E-state index contributed by atoms with van der Waals surface area (Å²) in [6.45, 7) is 9.30. The maximum atomic E-state index is 13.2. The number of hydrogen-bond acceptors (Lipinski definition) is 6. The molecule has 0 saturated carbocycles. The Kier molecular flexibility index (Phi) is 5.91. The van der Waals surface area contributed by atoms with Crippen molar-refractivity contribution in [2.75, 3.05) is 12.4 Å². The molecule has 3 heterocycles. The van der Waals surface area contributed by atoms with E-state index in [2.05, 4.69) is 62.1 Å². The smallest absolute Gasteiger partial charge is 0.281 e. The van der Waals surface area contributed by atoms with Crippen LogP contribution in [0.4, 0.5) is 0 Å². The summed E-state index contributed by atoms with van der Waals surface area (Å²) in [4.78, 5) is 22.3. The van der Waals surface area contributed by atoms with Crippen LogP contribution in [0.1, 0.15) is 48.2 Å². The normalized spacial score (nSPS) is 14.3. The van der Waals surface area contributed by atoms with Crippen molar-refractivity contribution in [3.05, 3.63) is 92.3 Å². The lowest BCUT2D eigenvalue weighted by molar-refractivity contribution is 0.249. The Morgan fingerprint density at radius 1 is 1.09 bits per heavy atom. The molecule has 0 atom stereocenters. The van der Waals surface area contributed by atoms with Crippen LogP contribution in [0.25, 0.3) is 10.2 Å². The van der Waals surface area contributed by atoms with Gasteiger partial charge in [0.1, 0.15) is 17.2 Å². The first kappa shape index (κ1) is 22.6. The van der Waals surface area contributed by atoms with Crippen LogP contribution < -0.4 is 16.1 Å². The minimum absolute atomic E-state index is 0.0812. The lowest BCUT2D eigenvalue weighted by atomic mass is 9.87. The molecular formula is C27H30N4O2S. The molecule has 0 radical (unpaired) electrons. The molecule has 0 amide bonds. The highest BCUT2D eigenvalue weighted by Crippen LogP contribution is 2.33. The van der Waals surface area contributed by atoms with Gasteiger partial charge in [-0.3, -0.25) is 9.69 Å². The Labute approximate surface area is 203 Å². The van der Waals surface area contributed by atoms with Crippen LogP contribution in [0.2, 0.25) is 0 Å². The minimum atomic E-state index is -0.194.